The van der Waals surface area contributed by atoms with E-state index in [9.17, 15) is 4.79 Å². The van der Waals surface area contributed by atoms with Crippen LogP contribution in [0.4, 0.5) is 5.69 Å². The quantitative estimate of drug-likeness (QED) is 0.640. The van der Waals surface area contributed by atoms with Gasteiger partial charge < -0.3 is 11.1 Å². The first kappa shape index (κ1) is 17.3. The van der Waals surface area contributed by atoms with Crippen molar-refractivity contribution in [1.82, 2.24) is 10.3 Å². The van der Waals surface area contributed by atoms with Crippen LogP contribution in [0.5, 0.6) is 0 Å². The van der Waals surface area contributed by atoms with E-state index in [0.717, 1.165) is 28.6 Å². The zero-order valence-electron chi connectivity index (χ0n) is 14.3. The summed E-state index contributed by atoms with van der Waals surface area (Å²) in [5.74, 6) is -0.180. The number of pyridine rings is 1. The molecule has 0 atom stereocenters. The average Bonchev–Trinajstić information content (AvgIpc) is 2.81. The Morgan fingerprint density at radius 3 is 2.88 bits per heavy atom. The first-order valence-electron chi connectivity index (χ1n) is 8.86. The van der Waals surface area contributed by atoms with E-state index in [1.54, 1.807) is 0 Å². The van der Waals surface area contributed by atoms with Gasteiger partial charge in [0.05, 0.1) is 5.69 Å². The molecule has 0 unspecified atom stereocenters. The molecule has 6 heteroatoms. The predicted molar refractivity (Wildman–Crippen MR) is 108 cm³/mol. The molecule has 134 valence electrons. The summed E-state index contributed by atoms with van der Waals surface area (Å²) in [5.41, 5.74) is 10.2. The maximum Gasteiger partial charge on any atom is 0.263 e. The molecule has 1 aliphatic carbocycles. The molecule has 26 heavy (non-hydrogen) atoms. The number of nitrogens with zero attached hydrogens (tertiary/aromatic N) is 1. The molecule has 2 aromatic heterocycles. The molecule has 3 N–H and O–H groups in total. The Hall–Kier alpha value is -2.11. The Morgan fingerprint density at radius 1 is 1.23 bits per heavy atom. The highest BCUT2D eigenvalue weighted by Crippen LogP contribution is 2.35. The van der Waals surface area contributed by atoms with Gasteiger partial charge in [0.2, 0.25) is 0 Å². The minimum Gasteiger partial charge on any atom is -0.397 e. The van der Waals surface area contributed by atoms with Crippen molar-refractivity contribution >= 4 is 44.7 Å². The smallest absolute Gasteiger partial charge is 0.263 e. The van der Waals surface area contributed by atoms with Crippen molar-refractivity contribution in [2.75, 3.05) is 5.73 Å². The van der Waals surface area contributed by atoms with Gasteiger partial charge in [-0.2, -0.15) is 0 Å². The lowest BCUT2D eigenvalue weighted by Gasteiger charge is -2.06. The number of aromatic nitrogens is 1. The Bertz CT molecular complexity index is 983. The van der Waals surface area contributed by atoms with Gasteiger partial charge in [0.1, 0.15) is 9.71 Å². The number of carbonyl (C=O) groups excluding carboxylic acids is 1. The van der Waals surface area contributed by atoms with E-state index in [2.05, 4.69) is 11.4 Å². The van der Waals surface area contributed by atoms with E-state index >= 15 is 0 Å². The molecule has 0 spiro atoms. The molecule has 1 aromatic carbocycles. The first-order valence-corrected chi connectivity index (χ1v) is 10.1. The lowest BCUT2D eigenvalue weighted by Crippen LogP contribution is -2.22. The van der Waals surface area contributed by atoms with Gasteiger partial charge in [-0.15, -0.1) is 11.3 Å². The van der Waals surface area contributed by atoms with Crippen LogP contribution in [0.25, 0.3) is 10.2 Å². The molecular formula is C20H20ClN3OS. The van der Waals surface area contributed by atoms with E-state index < -0.39 is 0 Å². The third kappa shape index (κ3) is 3.29. The number of rotatable bonds is 3. The Balaban J connectivity index is 1.61. The number of nitrogens with two attached hydrogens (primary N) is 1. The standard InChI is InChI=1S/C20H20ClN3OS/c21-15-8-5-4-7-13(15)11-23-19(25)18-17(22)14-10-12-6-2-1-3-9-16(12)24-20(14)26-18/h4-5,7-8,10H,1-3,6,9,11,22H2,(H,23,25). The maximum absolute atomic E-state index is 12.6. The number of hydrogen-bond acceptors (Lipinski definition) is 4. The van der Waals surface area contributed by atoms with E-state index in [-0.39, 0.29) is 5.91 Å². The fraction of sp³-hybridized carbons (Fsp3) is 0.300. The molecule has 0 bridgehead atoms. The molecule has 0 fully saturated rings. The van der Waals surface area contributed by atoms with Gasteiger partial charge in [-0.25, -0.2) is 4.98 Å². The molecule has 4 rings (SSSR count). The summed E-state index contributed by atoms with van der Waals surface area (Å²) in [6, 6.07) is 9.62. The van der Waals surface area contributed by atoms with Crippen molar-refractivity contribution < 1.29 is 4.79 Å². The highest BCUT2D eigenvalue weighted by molar-refractivity contribution is 7.21. The average molecular weight is 386 g/mol. The maximum atomic E-state index is 12.6. The zero-order chi connectivity index (χ0) is 18.1. The third-order valence-corrected chi connectivity index (χ3v) is 6.34. The molecule has 0 saturated carbocycles. The zero-order valence-corrected chi connectivity index (χ0v) is 15.9. The fourth-order valence-electron chi connectivity index (χ4n) is 3.40. The van der Waals surface area contributed by atoms with Crippen LogP contribution in [0, 0.1) is 0 Å². The molecule has 4 nitrogen and oxygen atoms in total. The highest BCUT2D eigenvalue weighted by Gasteiger charge is 2.20. The number of anilines is 1. The summed E-state index contributed by atoms with van der Waals surface area (Å²) in [5, 5.41) is 4.46. The summed E-state index contributed by atoms with van der Waals surface area (Å²) >= 11 is 7.52. The largest absolute Gasteiger partial charge is 0.397 e. The van der Waals surface area contributed by atoms with Crippen molar-refractivity contribution in [3.8, 4) is 0 Å². The molecule has 3 aromatic rings. The van der Waals surface area contributed by atoms with Crippen LogP contribution in [-0.2, 0) is 19.4 Å². The van der Waals surface area contributed by atoms with Crippen LogP contribution in [0.3, 0.4) is 0 Å². The Kier molecular flexibility index (Phi) is 4.83. The second-order valence-corrected chi connectivity index (χ2v) is 8.03. The van der Waals surface area contributed by atoms with E-state index in [4.69, 9.17) is 22.3 Å². The first-order chi connectivity index (χ1) is 12.6. The minimum atomic E-state index is -0.180. The van der Waals surface area contributed by atoms with E-state index in [0.29, 0.717) is 22.1 Å². The Labute approximate surface area is 161 Å². The van der Waals surface area contributed by atoms with Crippen LogP contribution in [0.1, 0.15) is 45.8 Å². The van der Waals surface area contributed by atoms with Crippen molar-refractivity contribution in [2.24, 2.45) is 0 Å². The number of amides is 1. The van der Waals surface area contributed by atoms with Gasteiger partial charge in [-0.05, 0) is 48.9 Å². The Morgan fingerprint density at radius 2 is 2.04 bits per heavy atom. The van der Waals surface area contributed by atoms with Crippen LogP contribution in [0.15, 0.2) is 30.3 Å². The van der Waals surface area contributed by atoms with Gasteiger partial charge in [0.25, 0.3) is 5.91 Å². The second-order valence-electron chi connectivity index (χ2n) is 6.63. The number of benzene rings is 1. The molecule has 1 amide bonds. The summed E-state index contributed by atoms with van der Waals surface area (Å²) in [6.45, 7) is 0.371. The summed E-state index contributed by atoms with van der Waals surface area (Å²) in [6.07, 6.45) is 5.67. The van der Waals surface area contributed by atoms with Crippen LogP contribution >= 0.6 is 22.9 Å². The lowest BCUT2D eigenvalue weighted by atomic mass is 10.1. The minimum absolute atomic E-state index is 0.180. The fourth-order valence-corrected chi connectivity index (χ4v) is 4.62. The number of thiophene rings is 1. The number of fused-ring (bicyclic) bond motifs is 2. The number of aryl methyl sites for hydroxylation is 2. The second kappa shape index (κ2) is 7.25. The van der Waals surface area contributed by atoms with Gasteiger partial charge >= 0.3 is 0 Å². The lowest BCUT2D eigenvalue weighted by molar-refractivity contribution is 0.0956. The summed E-state index contributed by atoms with van der Waals surface area (Å²) in [4.78, 5) is 18.8. The SMILES string of the molecule is Nc1c(C(=O)NCc2ccccc2Cl)sc2nc3c(cc12)CCCCC3. The molecule has 0 aliphatic heterocycles. The van der Waals surface area contributed by atoms with E-state index in [1.165, 1.54) is 41.9 Å². The van der Waals surface area contributed by atoms with Crippen molar-refractivity contribution in [3.63, 3.8) is 0 Å². The summed E-state index contributed by atoms with van der Waals surface area (Å²) < 4.78 is 0. The highest BCUT2D eigenvalue weighted by atomic mass is 35.5. The summed E-state index contributed by atoms with van der Waals surface area (Å²) in [7, 11) is 0. The predicted octanol–water partition coefficient (Wildman–Crippen LogP) is 4.73. The van der Waals surface area contributed by atoms with Crippen LogP contribution in [0.2, 0.25) is 5.02 Å². The van der Waals surface area contributed by atoms with Gasteiger partial charge in [-0.1, -0.05) is 36.2 Å². The van der Waals surface area contributed by atoms with Crippen molar-refractivity contribution in [3.05, 3.63) is 57.1 Å². The van der Waals surface area contributed by atoms with Crippen molar-refractivity contribution in [2.45, 2.75) is 38.6 Å². The van der Waals surface area contributed by atoms with Gasteiger partial charge in [-0.3, -0.25) is 4.79 Å². The number of halogens is 1. The molecule has 0 radical (unpaired) electrons. The van der Waals surface area contributed by atoms with Gasteiger partial charge in [0, 0.05) is 22.6 Å². The van der Waals surface area contributed by atoms with Crippen LogP contribution in [-0.4, -0.2) is 10.9 Å². The molecular weight excluding hydrogens is 366 g/mol. The number of carbonyl (C=O) groups is 1. The topological polar surface area (TPSA) is 68.0 Å². The molecule has 1 aliphatic rings. The van der Waals surface area contributed by atoms with Crippen LogP contribution < -0.4 is 11.1 Å². The van der Waals surface area contributed by atoms with E-state index in [1.807, 2.05) is 24.3 Å². The number of hydrogen-bond donors (Lipinski definition) is 2. The normalized spacial score (nSPS) is 14.0. The number of nitrogen functional groups attached to an aromatic ring is 1. The van der Waals surface area contributed by atoms with Gasteiger partial charge in [0.15, 0.2) is 0 Å². The van der Waals surface area contributed by atoms with Crippen molar-refractivity contribution in [1.29, 1.82) is 0 Å². The molecule has 2 heterocycles. The molecule has 0 saturated heterocycles. The third-order valence-electron chi connectivity index (χ3n) is 4.85. The number of nitrogens with one attached hydrogen (secondary N) is 1. The monoisotopic (exact) mass is 385 g/mol.